The quantitative estimate of drug-likeness (QED) is 0.717. The Hall–Kier alpha value is -1.55. The van der Waals surface area contributed by atoms with Crippen molar-refractivity contribution < 1.29 is 4.79 Å². The Bertz CT molecular complexity index is 526. The van der Waals surface area contributed by atoms with Crippen LogP contribution in [0.1, 0.15) is 17.5 Å². The molecule has 5 heteroatoms. The second-order valence-corrected chi connectivity index (χ2v) is 4.57. The van der Waals surface area contributed by atoms with Gasteiger partial charge in [-0.2, -0.15) is 4.99 Å². The molecule has 1 spiro atoms. The molecule has 1 aromatic carbocycles. The summed E-state index contributed by atoms with van der Waals surface area (Å²) in [6, 6.07) is 5.29. The van der Waals surface area contributed by atoms with Crippen LogP contribution in [-0.2, 0) is 12.0 Å². The van der Waals surface area contributed by atoms with Gasteiger partial charge < -0.3 is 11.1 Å². The molecule has 3 N–H and O–H groups in total. The zero-order valence-electron chi connectivity index (χ0n) is 8.46. The van der Waals surface area contributed by atoms with Gasteiger partial charge in [-0.3, -0.25) is 0 Å². The molecule has 2 aliphatic rings. The molecule has 0 saturated carbocycles. The van der Waals surface area contributed by atoms with E-state index >= 15 is 0 Å². The number of nitrogens with one attached hydrogen (secondary N) is 1. The van der Waals surface area contributed by atoms with Crippen LogP contribution in [0.5, 0.6) is 0 Å². The molecule has 1 unspecified atom stereocenters. The van der Waals surface area contributed by atoms with Crippen molar-refractivity contribution in [2.45, 2.75) is 18.4 Å². The van der Waals surface area contributed by atoms with E-state index in [0.717, 1.165) is 24.0 Å². The van der Waals surface area contributed by atoms with Crippen molar-refractivity contribution in [3.8, 4) is 0 Å². The number of aryl methyl sites for hydroxylation is 1. The highest BCUT2D eigenvalue weighted by Gasteiger charge is 2.47. The van der Waals surface area contributed by atoms with Gasteiger partial charge in [0.2, 0.25) is 0 Å². The van der Waals surface area contributed by atoms with Gasteiger partial charge in [0.05, 0.1) is 0 Å². The lowest BCUT2D eigenvalue weighted by molar-refractivity contribution is 0.246. The number of nitrogens with zero attached hydrogens (tertiary/aromatic N) is 1. The summed E-state index contributed by atoms with van der Waals surface area (Å²) in [5.74, 6) is 0.360. The van der Waals surface area contributed by atoms with Gasteiger partial charge in [0.1, 0.15) is 11.4 Å². The number of aliphatic imine (C=N–C) groups is 1. The third-order valence-electron chi connectivity index (χ3n) is 3.28. The van der Waals surface area contributed by atoms with Crippen molar-refractivity contribution in [3.05, 3.63) is 34.3 Å². The van der Waals surface area contributed by atoms with Gasteiger partial charge in [-0.1, -0.05) is 17.7 Å². The fourth-order valence-corrected chi connectivity index (χ4v) is 2.71. The van der Waals surface area contributed by atoms with Gasteiger partial charge in [0, 0.05) is 5.02 Å². The number of rotatable bonds is 0. The van der Waals surface area contributed by atoms with E-state index in [1.807, 2.05) is 18.2 Å². The van der Waals surface area contributed by atoms with E-state index in [2.05, 4.69) is 10.3 Å². The van der Waals surface area contributed by atoms with E-state index < -0.39 is 5.54 Å². The van der Waals surface area contributed by atoms with E-state index in [4.69, 9.17) is 17.3 Å². The number of carbonyl (C=O) groups is 1. The van der Waals surface area contributed by atoms with Gasteiger partial charge in [-0.05, 0) is 36.1 Å². The molecule has 0 bridgehead atoms. The number of halogens is 1. The lowest BCUT2D eigenvalue weighted by atomic mass is 9.91. The molecule has 1 aromatic rings. The number of fused-ring (bicyclic) bond motifs is 2. The molecule has 0 aromatic heterocycles. The molecule has 0 fully saturated rings. The molecule has 0 radical (unpaired) electrons. The van der Waals surface area contributed by atoms with E-state index in [1.54, 1.807) is 0 Å². The molecular formula is C11H10ClN3O. The van der Waals surface area contributed by atoms with Gasteiger partial charge in [-0.15, -0.1) is 0 Å². The summed E-state index contributed by atoms with van der Waals surface area (Å²) in [5.41, 5.74) is 7.42. The number of hydrogen-bond acceptors (Lipinski definition) is 2. The molecule has 4 nitrogen and oxygen atoms in total. The van der Waals surface area contributed by atoms with E-state index in [9.17, 15) is 4.79 Å². The Labute approximate surface area is 97.5 Å². The minimum absolute atomic E-state index is 0.360. The normalized spacial score (nSPS) is 26.8. The highest BCUT2D eigenvalue weighted by molar-refractivity contribution is 6.30. The van der Waals surface area contributed by atoms with Crippen molar-refractivity contribution in [1.82, 2.24) is 5.32 Å². The van der Waals surface area contributed by atoms with Gasteiger partial charge in [-0.25, -0.2) is 4.79 Å². The zero-order valence-corrected chi connectivity index (χ0v) is 9.21. The summed E-state index contributed by atoms with van der Waals surface area (Å²) in [6.07, 6.45) is 1.61. The maximum absolute atomic E-state index is 11.3. The average Bonchev–Trinajstić information content (AvgIpc) is 2.70. The fourth-order valence-electron chi connectivity index (χ4n) is 2.52. The summed E-state index contributed by atoms with van der Waals surface area (Å²) in [4.78, 5) is 15.0. The number of amidine groups is 1. The van der Waals surface area contributed by atoms with Gasteiger partial charge >= 0.3 is 6.03 Å². The largest absolute Gasteiger partial charge is 0.385 e. The number of nitrogens with two attached hydrogens (primary N) is 1. The molecule has 1 heterocycles. The number of benzene rings is 1. The molecule has 1 aliphatic carbocycles. The second-order valence-electron chi connectivity index (χ2n) is 4.13. The molecule has 16 heavy (non-hydrogen) atoms. The molecule has 82 valence electrons. The van der Waals surface area contributed by atoms with Gasteiger partial charge in [0.25, 0.3) is 0 Å². The maximum atomic E-state index is 11.3. The maximum Gasteiger partial charge on any atom is 0.343 e. The third kappa shape index (κ3) is 1.10. The van der Waals surface area contributed by atoms with E-state index in [0.29, 0.717) is 10.9 Å². The highest BCUT2D eigenvalue weighted by atomic mass is 35.5. The van der Waals surface area contributed by atoms with Crippen LogP contribution in [0.25, 0.3) is 0 Å². The van der Waals surface area contributed by atoms with Crippen LogP contribution < -0.4 is 11.1 Å². The van der Waals surface area contributed by atoms with E-state index in [1.165, 1.54) is 0 Å². The predicted octanol–water partition coefficient (Wildman–Crippen LogP) is 1.56. The van der Waals surface area contributed by atoms with Crippen molar-refractivity contribution in [3.63, 3.8) is 0 Å². The Balaban J connectivity index is 2.17. The first-order valence-electron chi connectivity index (χ1n) is 5.07. The summed E-state index contributed by atoms with van der Waals surface area (Å²) < 4.78 is 0. The van der Waals surface area contributed by atoms with Crippen molar-refractivity contribution in [1.29, 1.82) is 0 Å². The summed E-state index contributed by atoms with van der Waals surface area (Å²) >= 11 is 5.93. The topological polar surface area (TPSA) is 67.5 Å². The van der Waals surface area contributed by atoms with Crippen LogP contribution in [-0.4, -0.2) is 11.9 Å². The SMILES string of the molecule is NC1=NC(=O)NC12CCc1cc(Cl)ccc12. The Morgan fingerprint density at radius 2 is 2.31 bits per heavy atom. The smallest absolute Gasteiger partial charge is 0.343 e. The summed E-state index contributed by atoms with van der Waals surface area (Å²) in [5, 5.41) is 3.55. The molecule has 3 rings (SSSR count). The lowest BCUT2D eigenvalue weighted by Gasteiger charge is -2.24. The van der Waals surface area contributed by atoms with Crippen LogP contribution >= 0.6 is 11.6 Å². The van der Waals surface area contributed by atoms with Crippen LogP contribution in [0.4, 0.5) is 4.79 Å². The molecule has 1 aliphatic heterocycles. The Morgan fingerprint density at radius 1 is 1.50 bits per heavy atom. The number of urea groups is 1. The first-order chi connectivity index (χ1) is 7.62. The minimum atomic E-state index is -0.586. The molecule has 2 amide bonds. The van der Waals surface area contributed by atoms with Crippen LogP contribution in [0.2, 0.25) is 5.02 Å². The first kappa shape index (κ1) is 9.66. The first-order valence-corrected chi connectivity index (χ1v) is 5.45. The number of carbonyl (C=O) groups excluding carboxylic acids is 1. The average molecular weight is 236 g/mol. The Morgan fingerprint density at radius 3 is 3.00 bits per heavy atom. The highest BCUT2D eigenvalue weighted by Crippen LogP contribution is 2.40. The predicted molar refractivity (Wildman–Crippen MR) is 61.6 cm³/mol. The molecular weight excluding hydrogens is 226 g/mol. The molecule has 0 saturated heterocycles. The van der Waals surface area contributed by atoms with Crippen LogP contribution in [0.15, 0.2) is 23.2 Å². The number of amides is 2. The summed E-state index contributed by atoms with van der Waals surface area (Å²) in [7, 11) is 0. The van der Waals surface area contributed by atoms with E-state index in [-0.39, 0.29) is 6.03 Å². The fraction of sp³-hybridized carbons (Fsp3) is 0.273. The molecule has 1 atom stereocenters. The third-order valence-corrected chi connectivity index (χ3v) is 3.51. The van der Waals surface area contributed by atoms with Crippen LogP contribution in [0, 0.1) is 0 Å². The van der Waals surface area contributed by atoms with Crippen molar-refractivity contribution in [2.24, 2.45) is 10.7 Å². The zero-order chi connectivity index (χ0) is 11.3. The van der Waals surface area contributed by atoms with Crippen molar-refractivity contribution in [2.75, 3.05) is 0 Å². The van der Waals surface area contributed by atoms with Crippen molar-refractivity contribution >= 4 is 23.5 Å². The number of hydrogen-bond donors (Lipinski definition) is 2. The minimum Gasteiger partial charge on any atom is -0.385 e. The lowest BCUT2D eigenvalue weighted by Crippen LogP contribution is -2.47. The standard InChI is InChI=1S/C11H10ClN3O/c12-7-1-2-8-6(5-7)3-4-11(8)9(13)14-10(16)15-11/h1-2,5H,3-4H2,(H3,13,14,15,16). The monoisotopic (exact) mass is 235 g/mol. The summed E-state index contributed by atoms with van der Waals surface area (Å²) in [6.45, 7) is 0. The van der Waals surface area contributed by atoms with Gasteiger partial charge in [0.15, 0.2) is 0 Å². The second kappa shape index (κ2) is 2.98. The van der Waals surface area contributed by atoms with Crippen LogP contribution in [0.3, 0.4) is 0 Å². The Kier molecular flexibility index (Phi) is 1.80.